The van der Waals surface area contributed by atoms with Crippen molar-refractivity contribution >= 4 is 33.3 Å². The third-order valence-electron chi connectivity index (χ3n) is 2.57. The van der Waals surface area contributed by atoms with E-state index in [2.05, 4.69) is 26.6 Å². The predicted octanol–water partition coefficient (Wildman–Crippen LogP) is 2.72. The first-order valence-corrected chi connectivity index (χ1v) is 7.41. The van der Waals surface area contributed by atoms with E-state index in [4.69, 9.17) is 5.11 Å². The number of carbonyl (C=O) groups is 1. The fourth-order valence-corrected chi connectivity index (χ4v) is 2.81. The number of aliphatic hydroxyl groups is 1. The predicted molar refractivity (Wildman–Crippen MR) is 77.7 cm³/mol. The Morgan fingerprint density at radius 3 is 2.72 bits per heavy atom. The maximum absolute atomic E-state index is 11.6. The highest BCUT2D eigenvalue weighted by atomic mass is 79.9. The lowest BCUT2D eigenvalue weighted by molar-refractivity contribution is 0.201. The van der Waals surface area contributed by atoms with Gasteiger partial charge in [-0.25, -0.2) is 4.79 Å². The van der Waals surface area contributed by atoms with Crippen LogP contribution in [0.5, 0.6) is 0 Å². The molecule has 0 aliphatic heterocycles. The summed E-state index contributed by atoms with van der Waals surface area (Å²) >= 11 is 4.98. The number of nitrogens with one attached hydrogen (secondary N) is 2. The molecule has 0 atom stereocenters. The van der Waals surface area contributed by atoms with Gasteiger partial charge < -0.3 is 15.7 Å². The molecule has 0 aromatic carbocycles. The van der Waals surface area contributed by atoms with Crippen LogP contribution in [-0.4, -0.2) is 24.3 Å². The molecule has 3 N–H and O–H groups in total. The molecule has 1 aromatic rings. The summed E-state index contributed by atoms with van der Waals surface area (Å²) in [6.07, 6.45) is 0.672. The highest BCUT2D eigenvalue weighted by molar-refractivity contribution is 9.11. The summed E-state index contributed by atoms with van der Waals surface area (Å²) in [7, 11) is 0. The van der Waals surface area contributed by atoms with Gasteiger partial charge in [-0.15, -0.1) is 11.3 Å². The molecule has 18 heavy (non-hydrogen) atoms. The van der Waals surface area contributed by atoms with Gasteiger partial charge in [0.1, 0.15) is 0 Å². The average molecular weight is 335 g/mol. The van der Waals surface area contributed by atoms with Crippen LogP contribution in [0.3, 0.4) is 0 Å². The highest BCUT2D eigenvalue weighted by Gasteiger charge is 2.17. The number of carbonyl (C=O) groups excluding carboxylic acids is 1. The van der Waals surface area contributed by atoms with Gasteiger partial charge >= 0.3 is 6.03 Å². The van der Waals surface area contributed by atoms with Crippen molar-refractivity contribution in [3.8, 4) is 0 Å². The summed E-state index contributed by atoms with van der Waals surface area (Å²) in [6.45, 7) is 5.25. The number of hydrogen-bond acceptors (Lipinski definition) is 3. The van der Waals surface area contributed by atoms with E-state index in [-0.39, 0.29) is 18.1 Å². The first-order chi connectivity index (χ1) is 8.43. The number of amides is 2. The molecule has 1 heterocycles. The largest absolute Gasteiger partial charge is 0.396 e. The first kappa shape index (κ1) is 15.5. The fourth-order valence-electron chi connectivity index (χ4n) is 1.39. The van der Waals surface area contributed by atoms with Crippen molar-refractivity contribution < 1.29 is 9.90 Å². The van der Waals surface area contributed by atoms with E-state index >= 15 is 0 Å². The second-order valence-corrected chi connectivity index (χ2v) is 7.43. The Morgan fingerprint density at radius 2 is 2.17 bits per heavy atom. The number of aliphatic hydroxyl groups excluding tert-OH is 1. The van der Waals surface area contributed by atoms with Crippen LogP contribution in [0.2, 0.25) is 0 Å². The van der Waals surface area contributed by atoms with E-state index < -0.39 is 0 Å². The molecule has 1 aromatic heterocycles. The number of thiophene rings is 1. The van der Waals surface area contributed by atoms with E-state index in [0.29, 0.717) is 19.5 Å². The van der Waals surface area contributed by atoms with Crippen LogP contribution in [0, 0.1) is 5.41 Å². The van der Waals surface area contributed by atoms with Gasteiger partial charge in [-0.05, 0) is 39.9 Å². The summed E-state index contributed by atoms with van der Waals surface area (Å²) in [5.74, 6) is 0. The standard InChI is InChI=1S/C12H19BrN2O2S/c1-12(2,5-6-16)8-15-11(17)14-7-9-3-4-10(13)18-9/h3-4,16H,5-8H2,1-2H3,(H2,14,15,17). The zero-order valence-corrected chi connectivity index (χ0v) is 13.0. The van der Waals surface area contributed by atoms with Crippen LogP contribution >= 0.6 is 27.3 Å². The lowest BCUT2D eigenvalue weighted by atomic mass is 9.90. The minimum Gasteiger partial charge on any atom is -0.396 e. The molecule has 0 spiro atoms. The van der Waals surface area contributed by atoms with Crippen molar-refractivity contribution in [2.24, 2.45) is 5.41 Å². The van der Waals surface area contributed by atoms with Crippen LogP contribution in [0.1, 0.15) is 25.1 Å². The van der Waals surface area contributed by atoms with Crippen molar-refractivity contribution in [3.63, 3.8) is 0 Å². The van der Waals surface area contributed by atoms with Crippen LogP contribution in [0.15, 0.2) is 15.9 Å². The van der Waals surface area contributed by atoms with Gasteiger partial charge in [-0.1, -0.05) is 13.8 Å². The minimum atomic E-state index is -0.175. The van der Waals surface area contributed by atoms with Crippen molar-refractivity contribution in [1.29, 1.82) is 0 Å². The highest BCUT2D eigenvalue weighted by Crippen LogP contribution is 2.21. The maximum Gasteiger partial charge on any atom is 0.315 e. The summed E-state index contributed by atoms with van der Waals surface area (Å²) < 4.78 is 1.06. The second-order valence-electron chi connectivity index (χ2n) is 4.88. The SMILES string of the molecule is CC(C)(CCO)CNC(=O)NCc1ccc(Br)s1. The quantitative estimate of drug-likeness (QED) is 0.749. The normalized spacial score (nSPS) is 11.3. The van der Waals surface area contributed by atoms with Crippen LogP contribution in [0.25, 0.3) is 0 Å². The topological polar surface area (TPSA) is 61.4 Å². The summed E-state index contributed by atoms with van der Waals surface area (Å²) in [5, 5.41) is 14.5. The molecule has 1 rings (SSSR count). The second kappa shape index (κ2) is 7.11. The van der Waals surface area contributed by atoms with Gasteiger partial charge in [0.2, 0.25) is 0 Å². The Kier molecular flexibility index (Phi) is 6.11. The molecular formula is C12H19BrN2O2S. The van der Waals surface area contributed by atoms with Crippen molar-refractivity contribution in [2.75, 3.05) is 13.2 Å². The van der Waals surface area contributed by atoms with Gasteiger partial charge in [0, 0.05) is 18.0 Å². The molecule has 0 radical (unpaired) electrons. The smallest absolute Gasteiger partial charge is 0.315 e. The number of hydrogen-bond donors (Lipinski definition) is 3. The third-order valence-corrected chi connectivity index (χ3v) is 4.19. The average Bonchev–Trinajstić information content (AvgIpc) is 2.70. The lowest BCUT2D eigenvalue weighted by Crippen LogP contribution is -2.40. The molecule has 0 fully saturated rings. The fraction of sp³-hybridized carbons (Fsp3) is 0.583. The molecule has 102 valence electrons. The Morgan fingerprint density at radius 1 is 1.44 bits per heavy atom. The summed E-state index contributed by atoms with van der Waals surface area (Å²) in [5.41, 5.74) is -0.0853. The van der Waals surface area contributed by atoms with Crippen LogP contribution in [-0.2, 0) is 6.54 Å². The van der Waals surface area contributed by atoms with Crippen LogP contribution in [0.4, 0.5) is 4.79 Å². The molecule has 0 saturated carbocycles. The molecular weight excluding hydrogens is 316 g/mol. The monoisotopic (exact) mass is 334 g/mol. The van der Waals surface area contributed by atoms with Crippen molar-refractivity contribution in [2.45, 2.75) is 26.8 Å². The Hall–Kier alpha value is -0.590. The van der Waals surface area contributed by atoms with Gasteiger partial charge in [-0.3, -0.25) is 0 Å². The van der Waals surface area contributed by atoms with E-state index in [9.17, 15) is 4.79 Å². The summed E-state index contributed by atoms with van der Waals surface area (Å²) in [6, 6.07) is 3.76. The van der Waals surface area contributed by atoms with Gasteiger partial charge in [-0.2, -0.15) is 0 Å². The van der Waals surface area contributed by atoms with E-state index in [1.54, 1.807) is 11.3 Å². The third kappa shape index (κ3) is 5.84. The molecule has 0 saturated heterocycles. The molecule has 0 aliphatic carbocycles. The van der Waals surface area contributed by atoms with E-state index in [0.717, 1.165) is 8.66 Å². The Labute approximate surface area is 120 Å². The zero-order chi connectivity index (χ0) is 13.6. The Balaban J connectivity index is 2.26. The van der Waals surface area contributed by atoms with Crippen molar-refractivity contribution in [1.82, 2.24) is 10.6 Å². The number of halogens is 1. The lowest BCUT2D eigenvalue weighted by Gasteiger charge is -2.23. The first-order valence-electron chi connectivity index (χ1n) is 5.80. The van der Waals surface area contributed by atoms with Gasteiger partial charge in [0.25, 0.3) is 0 Å². The number of rotatable bonds is 6. The van der Waals surface area contributed by atoms with Gasteiger partial charge in [0.15, 0.2) is 0 Å². The van der Waals surface area contributed by atoms with Crippen molar-refractivity contribution in [3.05, 3.63) is 20.8 Å². The molecule has 0 bridgehead atoms. The van der Waals surface area contributed by atoms with E-state index in [1.165, 1.54) is 0 Å². The van der Waals surface area contributed by atoms with Gasteiger partial charge in [0.05, 0.1) is 10.3 Å². The molecule has 0 aliphatic rings. The molecule has 0 unspecified atom stereocenters. The number of urea groups is 1. The maximum atomic E-state index is 11.6. The molecule has 4 nitrogen and oxygen atoms in total. The zero-order valence-electron chi connectivity index (χ0n) is 10.6. The van der Waals surface area contributed by atoms with E-state index in [1.807, 2.05) is 26.0 Å². The summed E-state index contributed by atoms with van der Waals surface area (Å²) in [4.78, 5) is 12.7. The van der Waals surface area contributed by atoms with Crippen LogP contribution < -0.4 is 10.6 Å². The minimum absolute atomic E-state index is 0.0853. The Bertz CT molecular complexity index is 393. The molecule has 6 heteroatoms. The molecule has 2 amide bonds.